The van der Waals surface area contributed by atoms with Crippen LogP contribution in [0.5, 0.6) is 0 Å². The maximum atomic E-state index is 12.9. The van der Waals surface area contributed by atoms with E-state index in [0.717, 1.165) is 21.9 Å². The van der Waals surface area contributed by atoms with Crippen molar-refractivity contribution >= 4 is 31.0 Å². The molecule has 1 aliphatic rings. The van der Waals surface area contributed by atoms with Crippen molar-refractivity contribution < 1.29 is 17.6 Å². The molecule has 0 spiro atoms. The summed E-state index contributed by atoms with van der Waals surface area (Å²) in [6, 6.07) is 7.59. The number of anilines is 1. The maximum absolute atomic E-state index is 12.9. The lowest BCUT2D eigenvalue weighted by Gasteiger charge is -2.41. The first-order valence-corrected chi connectivity index (χ1v) is 9.80. The topological polar surface area (TPSA) is 105 Å². The van der Waals surface area contributed by atoms with Gasteiger partial charge >= 0.3 is 0 Å². The zero-order valence-corrected chi connectivity index (χ0v) is 15.9. The SMILES string of the molecule is CN(P)S(=O)(=O)C[C@@]1(N)Cc2ccc(NC(=O)c3ccc(F)cn3)cc21. The molecule has 0 aliphatic heterocycles. The zero-order valence-electron chi connectivity index (χ0n) is 13.9. The summed E-state index contributed by atoms with van der Waals surface area (Å²) in [5.41, 5.74) is 7.43. The molecule has 1 heterocycles. The summed E-state index contributed by atoms with van der Waals surface area (Å²) in [6.45, 7) is 0. The average Bonchev–Trinajstić information content (AvgIpc) is 2.55. The number of hydrogen-bond acceptors (Lipinski definition) is 5. The molecule has 3 N–H and O–H groups in total. The fourth-order valence-electron chi connectivity index (χ4n) is 2.86. The van der Waals surface area contributed by atoms with Crippen LogP contribution in [0.3, 0.4) is 0 Å². The Balaban J connectivity index is 1.80. The third kappa shape index (κ3) is 3.61. The molecule has 7 nitrogen and oxygen atoms in total. The number of fused-ring (bicyclic) bond motifs is 1. The van der Waals surface area contributed by atoms with Gasteiger partial charge in [-0.15, -0.1) is 0 Å². The number of carbonyl (C=O) groups is 1. The van der Waals surface area contributed by atoms with Gasteiger partial charge in [-0.3, -0.25) is 4.79 Å². The molecule has 3 rings (SSSR count). The molecule has 1 unspecified atom stereocenters. The number of aromatic nitrogens is 1. The molecule has 0 saturated carbocycles. The van der Waals surface area contributed by atoms with Crippen molar-refractivity contribution in [3.8, 4) is 0 Å². The van der Waals surface area contributed by atoms with Crippen LogP contribution < -0.4 is 11.1 Å². The molecule has 138 valence electrons. The molecule has 0 fully saturated rings. The van der Waals surface area contributed by atoms with Crippen molar-refractivity contribution in [2.24, 2.45) is 5.73 Å². The van der Waals surface area contributed by atoms with Gasteiger partial charge in [0, 0.05) is 12.7 Å². The van der Waals surface area contributed by atoms with Gasteiger partial charge in [0.1, 0.15) is 11.5 Å². The predicted molar refractivity (Wildman–Crippen MR) is 99.4 cm³/mol. The molecule has 2 atom stereocenters. The molecule has 10 heteroatoms. The Morgan fingerprint density at radius 2 is 2.15 bits per heavy atom. The monoisotopic (exact) mass is 396 g/mol. The number of benzene rings is 1. The molecule has 0 radical (unpaired) electrons. The van der Waals surface area contributed by atoms with E-state index in [-0.39, 0.29) is 11.4 Å². The summed E-state index contributed by atoms with van der Waals surface area (Å²) in [4.78, 5) is 15.9. The number of amides is 1. The molecule has 1 aliphatic carbocycles. The average molecular weight is 396 g/mol. The molecular weight excluding hydrogens is 378 g/mol. The van der Waals surface area contributed by atoms with E-state index in [2.05, 4.69) is 19.7 Å². The molecule has 1 aromatic heterocycles. The van der Waals surface area contributed by atoms with Crippen LogP contribution in [0.25, 0.3) is 0 Å². The Bertz CT molecular complexity index is 966. The van der Waals surface area contributed by atoms with Gasteiger partial charge in [0.25, 0.3) is 5.91 Å². The highest BCUT2D eigenvalue weighted by Crippen LogP contribution is 2.40. The van der Waals surface area contributed by atoms with E-state index in [1.54, 1.807) is 18.2 Å². The van der Waals surface area contributed by atoms with Crippen LogP contribution in [-0.2, 0) is 22.0 Å². The first-order chi connectivity index (χ1) is 12.1. The van der Waals surface area contributed by atoms with Crippen LogP contribution in [0.15, 0.2) is 36.5 Å². The number of halogens is 1. The van der Waals surface area contributed by atoms with Crippen molar-refractivity contribution in [1.82, 2.24) is 9.06 Å². The van der Waals surface area contributed by atoms with Gasteiger partial charge in [0.2, 0.25) is 10.0 Å². The van der Waals surface area contributed by atoms with E-state index < -0.39 is 27.3 Å². The Morgan fingerprint density at radius 1 is 1.42 bits per heavy atom. The number of nitrogens with two attached hydrogens (primary N) is 1. The molecule has 26 heavy (non-hydrogen) atoms. The van der Waals surface area contributed by atoms with Crippen LogP contribution in [0.1, 0.15) is 21.6 Å². The molecule has 1 amide bonds. The lowest BCUT2D eigenvalue weighted by molar-refractivity contribution is 0.102. The number of nitrogens with one attached hydrogen (secondary N) is 1. The van der Waals surface area contributed by atoms with Crippen LogP contribution in [0.4, 0.5) is 10.1 Å². The standard InChI is InChI=1S/C16H18FN4O3PS/c1-21(25)26(23,24)9-16(18)7-10-2-4-12(6-13(10)16)20-15(22)14-5-3-11(17)8-19-14/h2-6,8H,7,9,18,25H2,1H3,(H,20,22)/t16-/m0/s1. The largest absolute Gasteiger partial charge is 0.321 e. The van der Waals surface area contributed by atoms with Gasteiger partial charge in [-0.2, -0.15) is 4.08 Å². The fourth-order valence-corrected chi connectivity index (χ4v) is 4.20. The van der Waals surface area contributed by atoms with Crippen LogP contribution >= 0.6 is 9.39 Å². The van der Waals surface area contributed by atoms with E-state index >= 15 is 0 Å². The van der Waals surface area contributed by atoms with Crippen molar-refractivity contribution in [2.75, 3.05) is 18.1 Å². The van der Waals surface area contributed by atoms with E-state index in [1.807, 2.05) is 0 Å². The summed E-state index contributed by atoms with van der Waals surface area (Å²) >= 11 is 0. The van der Waals surface area contributed by atoms with E-state index in [9.17, 15) is 17.6 Å². The number of rotatable bonds is 5. The number of sulfonamides is 1. The summed E-state index contributed by atoms with van der Waals surface area (Å²) in [6.07, 6.45) is 1.40. The zero-order chi connectivity index (χ0) is 19.1. The minimum absolute atomic E-state index is 0.0697. The first-order valence-electron chi connectivity index (χ1n) is 7.67. The highest BCUT2D eigenvalue weighted by atomic mass is 32.2. The van der Waals surface area contributed by atoms with Gasteiger partial charge in [-0.25, -0.2) is 17.8 Å². The third-order valence-corrected chi connectivity index (χ3v) is 6.97. The Kier molecular flexibility index (Phi) is 4.83. The smallest absolute Gasteiger partial charge is 0.274 e. The highest BCUT2D eigenvalue weighted by molar-refractivity contribution is 7.91. The Hall–Kier alpha value is -1.93. The number of hydrogen-bond donors (Lipinski definition) is 2. The van der Waals surface area contributed by atoms with Gasteiger partial charge in [-0.1, -0.05) is 6.07 Å². The summed E-state index contributed by atoms with van der Waals surface area (Å²) in [5.74, 6) is -1.26. The van der Waals surface area contributed by atoms with Gasteiger partial charge < -0.3 is 11.1 Å². The second-order valence-electron chi connectivity index (χ2n) is 6.29. The third-order valence-electron chi connectivity index (χ3n) is 4.25. The molecule has 0 bridgehead atoms. The van der Waals surface area contributed by atoms with Crippen LogP contribution in [0, 0.1) is 5.82 Å². The predicted octanol–water partition coefficient (Wildman–Crippen LogP) is 1.23. The summed E-state index contributed by atoms with van der Waals surface area (Å²) in [5, 5.41) is 2.66. The Labute approximate surface area is 153 Å². The van der Waals surface area contributed by atoms with E-state index in [4.69, 9.17) is 5.73 Å². The quantitative estimate of drug-likeness (QED) is 0.740. The van der Waals surface area contributed by atoms with Crippen LogP contribution in [-0.4, -0.2) is 36.2 Å². The van der Waals surface area contributed by atoms with Gasteiger partial charge in [0.05, 0.1) is 17.5 Å². The maximum Gasteiger partial charge on any atom is 0.274 e. The second kappa shape index (κ2) is 6.66. The molecule has 2 aromatic rings. The van der Waals surface area contributed by atoms with Crippen molar-refractivity contribution in [1.29, 1.82) is 0 Å². The first kappa shape index (κ1) is 18.8. The van der Waals surface area contributed by atoms with E-state index in [0.29, 0.717) is 17.7 Å². The molecule has 1 aromatic carbocycles. The lowest BCUT2D eigenvalue weighted by Crippen LogP contribution is -2.53. The van der Waals surface area contributed by atoms with Crippen molar-refractivity contribution in [3.63, 3.8) is 0 Å². The highest BCUT2D eigenvalue weighted by Gasteiger charge is 2.43. The van der Waals surface area contributed by atoms with Crippen molar-refractivity contribution in [3.05, 3.63) is 59.2 Å². The minimum Gasteiger partial charge on any atom is -0.321 e. The number of nitrogens with zero attached hydrogens (tertiary/aromatic N) is 2. The number of pyridine rings is 1. The summed E-state index contributed by atoms with van der Waals surface area (Å²) in [7, 11) is 0.0320. The Morgan fingerprint density at radius 3 is 2.77 bits per heavy atom. The van der Waals surface area contributed by atoms with Gasteiger partial charge in [-0.05, 0) is 51.2 Å². The molecular formula is C16H18FN4O3PS. The van der Waals surface area contributed by atoms with Crippen molar-refractivity contribution in [2.45, 2.75) is 12.0 Å². The molecule has 0 saturated heterocycles. The lowest BCUT2D eigenvalue weighted by atomic mass is 9.72. The van der Waals surface area contributed by atoms with Crippen LogP contribution in [0.2, 0.25) is 0 Å². The normalized spacial score (nSPS) is 19.0. The van der Waals surface area contributed by atoms with E-state index in [1.165, 1.54) is 13.1 Å². The minimum atomic E-state index is -3.50. The van der Waals surface area contributed by atoms with Gasteiger partial charge in [0.15, 0.2) is 0 Å². The fraction of sp³-hybridized carbons (Fsp3) is 0.250. The number of carbonyl (C=O) groups excluding carboxylic acids is 1. The summed E-state index contributed by atoms with van der Waals surface area (Å²) < 4.78 is 38.2. The second-order valence-corrected chi connectivity index (χ2v) is 9.47.